The number of nitrogens with one attached hydrogen (secondary N) is 2. The van der Waals surface area contributed by atoms with Crippen molar-refractivity contribution in [1.29, 1.82) is 0 Å². The molecule has 0 aliphatic carbocycles. The fraction of sp³-hybridized carbons (Fsp3) is 0.692. The van der Waals surface area contributed by atoms with Gasteiger partial charge in [0.15, 0.2) is 0 Å². The summed E-state index contributed by atoms with van der Waals surface area (Å²) in [6.07, 6.45) is 0. The van der Waals surface area contributed by atoms with E-state index in [9.17, 15) is 9.59 Å². The average Bonchev–Trinajstić information content (AvgIpc) is 3.00. The topological polar surface area (TPSA) is 155 Å². The first-order valence-electron chi connectivity index (χ1n) is 13.7. The van der Waals surface area contributed by atoms with Crippen LogP contribution in [0.25, 0.3) is 3.56 Å². The third kappa shape index (κ3) is 11.5. The summed E-state index contributed by atoms with van der Waals surface area (Å²) < 4.78 is 40.0. The lowest BCUT2D eigenvalue weighted by molar-refractivity contribution is -0.131. The van der Waals surface area contributed by atoms with E-state index in [1.807, 2.05) is 30.0 Å². The summed E-state index contributed by atoms with van der Waals surface area (Å²) in [7, 11) is 1.64. The van der Waals surface area contributed by atoms with Gasteiger partial charge in [0.1, 0.15) is 5.75 Å². The third-order valence-corrected chi connectivity index (χ3v) is 8.97. The van der Waals surface area contributed by atoms with Gasteiger partial charge in [-0.3, -0.25) is 4.79 Å². The van der Waals surface area contributed by atoms with Crippen molar-refractivity contribution in [1.82, 2.24) is 15.5 Å². The molecule has 2 aliphatic heterocycles. The second-order valence-corrected chi connectivity index (χ2v) is 12.0. The van der Waals surface area contributed by atoms with E-state index in [1.54, 1.807) is 7.11 Å². The van der Waals surface area contributed by atoms with Gasteiger partial charge in [-0.2, -0.15) is 8.44 Å². The molecule has 16 heteroatoms. The van der Waals surface area contributed by atoms with Crippen LogP contribution < -0.4 is 15.4 Å². The first kappa shape index (κ1) is 34.9. The summed E-state index contributed by atoms with van der Waals surface area (Å²) in [6.45, 7) is 6.84. The van der Waals surface area contributed by atoms with Crippen molar-refractivity contribution in [2.75, 3.05) is 85.4 Å². The maximum absolute atomic E-state index is 13.3. The molecule has 1 aromatic rings. The average molecular weight is 742 g/mol. The minimum atomic E-state index is -1.14. The smallest absolute Gasteiger partial charge is 0.315 e. The number of thioether (sulfide) groups is 1. The van der Waals surface area contributed by atoms with E-state index in [0.717, 1.165) is 16.9 Å². The van der Waals surface area contributed by atoms with E-state index < -0.39 is 21.3 Å². The number of alkyl halides is 1. The second kappa shape index (κ2) is 19.6. The molecule has 0 spiro atoms. The Hall–Kier alpha value is -1.63. The number of halogens is 2. The number of methoxy groups -OCH3 is 1. The number of nitrogens with zero attached hydrogens (tertiary/aromatic N) is 4. The van der Waals surface area contributed by atoms with Gasteiger partial charge in [0.2, 0.25) is 5.91 Å². The molecule has 1 aromatic carbocycles. The van der Waals surface area contributed by atoms with Crippen molar-refractivity contribution < 1.29 is 33.3 Å². The first-order chi connectivity index (χ1) is 20.4. The van der Waals surface area contributed by atoms with Crippen LogP contribution in [0.2, 0.25) is 0 Å². The van der Waals surface area contributed by atoms with Crippen molar-refractivity contribution in [2.45, 2.75) is 29.6 Å². The Morgan fingerprint density at radius 2 is 1.81 bits per heavy atom. The molecule has 0 radical (unpaired) electrons. The maximum Gasteiger partial charge on any atom is 0.315 e. The van der Waals surface area contributed by atoms with Gasteiger partial charge in [0, 0.05) is 19.0 Å². The van der Waals surface area contributed by atoms with Crippen LogP contribution in [0, 0.1) is 0 Å². The standard InChI is InChI=1S/C26H39ClIN6O7S/c1-18-21-4-3-20(37-2)13-22(21)19(15-34(18)24(35)17-42-25-23(27)14-30-26(36)32-25)16-41-12-11-40-10-9-39-8-7-38-6-5-31-33-28-29/h3-4,13,18-19,23,25H,5-12,14-17H2,1-2H3,(H2,30,32,36)/q-1/t18-,19+,23?,25?/m0/s1. The van der Waals surface area contributed by atoms with Crippen molar-refractivity contribution in [3.05, 3.63) is 32.9 Å². The van der Waals surface area contributed by atoms with Gasteiger partial charge < -0.3 is 42.8 Å². The highest BCUT2D eigenvalue weighted by Crippen LogP contribution is 2.38. The molecular formula is C26H39ClIN6O7S-. The normalized spacial score (nSPS) is 22.1. The predicted molar refractivity (Wildman–Crippen MR) is 169 cm³/mol. The number of urea groups is 1. The number of benzene rings is 1. The Morgan fingerprint density at radius 1 is 1.12 bits per heavy atom. The monoisotopic (exact) mass is 741 g/mol. The Labute approximate surface area is 266 Å². The molecule has 236 valence electrons. The number of ether oxygens (including phenoxy) is 5. The molecule has 1 saturated heterocycles. The van der Waals surface area contributed by atoms with Gasteiger partial charge in [-0.05, 0) is 30.2 Å². The van der Waals surface area contributed by atoms with Crippen LogP contribution in [-0.2, 0) is 23.7 Å². The van der Waals surface area contributed by atoms with Crippen LogP contribution >= 0.6 is 44.7 Å². The number of hydrogen-bond acceptors (Lipinski definition) is 9. The van der Waals surface area contributed by atoms with Crippen LogP contribution in [0.3, 0.4) is 0 Å². The van der Waals surface area contributed by atoms with E-state index in [1.165, 1.54) is 11.8 Å². The first-order valence-corrected chi connectivity index (χ1v) is 17.1. The van der Waals surface area contributed by atoms with Gasteiger partial charge in [0.25, 0.3) is 0 Å². The molecule has 2 heterocycles. The largest absolute Gasteiger partial charge is 0.753 e. The lowest BCUT2D eigenvalue weighted by Crippen LogP contribution is -2.54. The van der Waals surface area contributed by atoms with Crippen molar-refractivity contribution in [2.24, 2.45) is 8.44 Å². The summed E-state index contributed by atoms with van der Waals surface area (Å²) in [6, 6.07) is 5.56. The van der Waals surface area contributed by atoms with E-state index in [-0.39, 0.29) is 40.4 Å². The van der Waals surface area contributed by atoms with Gasteiger partial charge >= 0.3 is 6.03 Å². The molecule has 13 nitrogen and oxygen atoms in total. The zero-order valence-corrected chi connectivity index (χ0v) is 27.6. The highest BCUT2D eigenvalue weighted by Gasteiger charge is 2.35. The minimum Gasteiger partial charge on any atom is -0.753 e. The Kier molecular flexibility index (Phi) is 16.3. The molecule has 3 amide bonds. The molecule has 0 aromatic heterocycles. The van der Waals surface area contributed by atoms with Crippen LogP contribution in [0.15, 0.2) is 26.6 Å². The zero-order valence-electron chi connectivity index (χ0n) is 23.8. The summed E-state index contributed by atoms with van der Waals surface area (Å²) in [5.41, 5.74) is 2.17. The second-order valence-electron chi connectivity index (χ2n) is 9.44. The molecule has 0 bridgehead atoms. The Bertz CT molecular complexity index is 1040. The minimum absolute atomic E-state index is 0.0160. The molecule has 42 heavy (non-hydrogen) atoms. The van der Waals surface area contributed by atoms with Crippen LogP contribution in [-0.4, -0.2) is 113 Å². The molecule has 3 rings (SSSR count). The molecule has 1 fully saturated rings. The summed E-state index contributed by atoms with van der Waals surface area (Å²) in [4.78, 5) is 26.9. The quantitative estimate of drug-likeness (QED) is 0.0940. The summed E-state index contributed by atoms with van der Waals surface area (Å²) in [5.74, 6) is 0.919. The zero-order chi connectivity index (χ0) is 30.2. The van der Waals surface area contributed by atoms with Crippen molar-refractivity contribution in [3.63, 3.8) is 0 Å². The molecule has 2 unspecified atom stereocenters. The molecule has 2 N–H and O–H groups in total. The van der Waals surface area contributed by atoms with Gasteiger partial charge in [-0.1, -0.05) is 6.07 Å². The Balaban J connectivity index is 1.40. The highest BCUT2D eigenvalue weighted by atomic mass is 127. The highest BCUT2D eigenvalue weighted by molar-refractivity contribution is 14.2. The number of carbonyl (C=O) groups is 2. The van der Waals surface area contributed by atoms with Gasteiger partial charge in [-0.25, -0.2) is 4.79 Å². The van der Waals surface area contributed by atoms with Crippen molar-refractivity contribution in [3.8, 4) is 5.75 Å². The van der Waals surface area contributed by atoms with Gasteiger partial charge in [0.05, 0.1) is 89.1 Å². The maximum atomic E-state index is 13.3. The SMILES string of the molecule is COc1ccc2c(c1)[C@@H](COCCOCCOCCOCCN=NI=[N-])CN(C(=O)CSC1NC(=O)NCC1Cl)[C@H]2C. The number of amides is 3. The summed E-state index contributed by atoms with van der Waals surface area (Å²) >= 11 is 6.54. The molecule has 2 aliphatic rings. The molecular weight excluding hydrogens is 703 g/mol. The van der Waals surface area contributed by atoms with E-state index in [0.29, 0.717) is 72.5 Å². The number of fused-ring (bicyclic) bond motifs is 1. The number of hydrogen-bond donors (Lipinski definition) is 2. The van der Waals surface area contributed by atoms with Crippen LogP contribution in [0.4, 0.5) is 4.79 Å². The fourth-order valence-electron chi connectivity index (χ4n) is 4.55. The van der Waals surface area contributed by atoms with Crippen molar-refractivity contribution >= 4 is 56.6 Å². The summed E-state index contributed by atoms with van der Waals surface area (Å²) in [5, 5.41) is 8.55. The van der Waals surface area contributed by atoms with E-state index in [4.69, 9.17) is 38.8 Å². The number of rotatable bonds is 19. The molecule has 0 saturated carbocycles. The molecule has 4 atom stereocenters. The van der Waals surface area contributed by atoms with E-state index in [2.05, 4.69) is 19.1 Å². The van der Waals surface area contributed by atoms with E-state index >= 15 is 0 Å². The van der Waals surface area contributed by atoms with Crippen LogP contribution in [0.1, 0.15) is 30.0 Å². The lowest BCUT2D eigenvalue weighted by atomic mass is 9.86. The van der Waals surface area contributed by atoms with Gasteiger partial charge in [-0.15, -0.1) is 44.7 Å². The fourth-order valence-corrected chi connectivity index (χ4v) is 6.24. The predicted octanol–water partition coefficient (Wildman–Crippen LogP) is 3.82. The third-order valence-electron chi connectivity index (χ3n) is 6.69. The Morgan fingerprint density at radius 3 is 2.50 bits per heavy atom. The van der Waals surface area contributed by atoms with Crippen LogP contribution in [0.5, 0.6) is 5.75 Å². The number of carbonyl (C=O) groups excluding carboxylic acids is 2. The lowest BCUT2D eigenvalue weighted by Gasteiger charge is -2.40.